The summed E-state index contributed by atoms with van der Waals surface area (Å²) in [6.45, 7) is 7.17. The monoisotopic (exact) mass is 333 g/mol. The van der Waals surface area contributed by atoms with Crippen LogP contribution in [0.3, 0.4) is 0 Å². The lowest BCUT2D eigenvalue weighted by atomic mass is 9.76. The molecule has 1 spiro atoms. The first-order valence-corrected chi connectivity index (χ1v) is 9.19. The minimum absolute atomic E-state index is 0.0355. The number of piperidine rings is 1. The first kappa shape index (κ1) is 17.4. The number of H-pyrrole nitrogens is 1. The van der Waals surface area contributed by atoms with Crippen molar-refractivity contribution in [2.45, 2.75) is 45.2 Å². The van der Waals surface area contributed by atoms with Gasteiger partial charge in [0, 0.05) is 26.0 Å². The van der Waals surface area contributed by atoms with Crippen molar-refractivity contribution in [3.8, 4) is 0 Å². The Morgan fingerprint density at radius 1 is 1.46 bits per heavy atom. The zero-order valence-electron chi connectivity index (χ0n) is 15.3. The number of rotatable bonds is 5. The predicted octanol–water partition coefficient (Wildman–Crippen LogP) is 1.56. The van der Waals surface area contributed by atoms with E-state index in [4.69, 9.17) is 0 Å². The Morgan fingerprint density at radius 3 is 2.83 bits per heavy atom. The Balaban J connectivity index is 1.68. The number of likely N-dealkylation sites (N-methyl/N-ethyl adjacent to an activating group) is 1. The third-order valence-corrected chi connectivity index (χ3v) is 5.77. The standard InChI is InChI=1S/C18H31N5O/c1-4-9-23-14-18(5-10-21(2)11-6-18)12-15(23)17(24)22(3)13-16-19-7-8-20-16/h7-8,15H,4-6,9-14H2,1-3H3,(H,19,20)/t15-/m1/s1. The van der Waals surface area contributed by atoms with Crippen molar-refractivity contribution in [3.05, 3.63) is 18.2 Å². The lowest BCUT2D eigenvalue weighted by Crippen LogP contribution is -2.44. The lowest BCUT2D eigenvalue weighted by Gasteiger charge is -2.37. The van der Waals surface area contributed by atoms with Gasteiger partial charge in [-0.05, 0) is 57.8 Å². The van der Waals surface area contributed by atoms with Crippen molar-refractivity contribution in [1.29, 1.82) is 0 Å². The molecule has 0 aliphatic carbocycles. The average Bonchev–Trinajstić information content (AvgIpc) is 3.19. The topological polar surface area (TPSA) is 55.5 Å². The maximum absolute atomic E-state index is 13.1. The highest BCUT2D eigenvalue weighted by atomic mass is 16.2. The maximum Gasteiger partial charge on any atom is 0.240 e. The number of carbonyl (C=O) groups excluding carboxylic acids is 1. The summed E-state index contributed by atoms with van der Waals surface area (Å²) in [7, 11) is 4.10. The normalized spacial score (nSPS) is 24.5. The quantitative estimate of drug-likeness (QED) is 0.889. The third kappa shape index (κ3) is 3.64. The Hall–Kier alpha value is -1.40. The van der Waals surface area contributed by atoms with Crippen LogP contribution >= 0.6 is 0 Å². The number of likely N-dealkylation sites (tertiary alicyclic amines) is 2. The number of nitrogens with zero attached hydrogens (tertiary/aromatic N) is 4. The average molecular weight is 333 g/mol. The van der Waals surface area contributed by atoms with Crippen molar-refractivity contribution >= 4 is 5.91 Å². The first-order chi connectivity index (χ1) is 11.5. The van der Waals surface area contributed by atoms with Gasteiger partial charge in [-0.2, -0.15) is 0 Å². The van der Waals surface area contributed by atoms with Gasteiger partial charge < -0.3 is 14.8 Å². The first-order valence-electron chi connectivity index (χ1n) is 9.19. The molecule has 1 atom stereocenters. The van der Waals surface area contributed by atoms with Crippen LogP contribution in [0.5, 0.6) is 0 Å². The highest BCUT2D eigenvalue weighted by molar-refractivity contribution is 5.82. The van der Waals surface area contributed by atoms with Crippen LogP contribution in [0.2, 0.25) is 0 Å². The van der Waals surface area contributed by atoms with Crippen molar-refractivity contribution in [2.24, 2.45) is 5.41 Å². The van der Waals surface area contributed by atoms with E-state index in [-0.39, 0.29) is 11.9 Å². The van der Waals surface area contributed by atoms with E-state index in [1.807, 2.05) is 11.9 Å². The fourth-order valence-electron chi connectivity index (χ4n) is 4.31. The number of aromatic amines is 1. The van der Waals surface area contributed by atoms with E-state index < -0.39 is 0 Å². The fraction of sp³-hybridized carbons (Fsp3) is 0.778. The SMILES string of the molecule is CCCN1CC2(CCN(C)CC2)C[C@@H]1C(=O)N(C)Cc1ncc[nH]1. The molecular formula is C18H31N5O. The minimum Gasteiger partial charge on any atom is -0.347 e. The summed E-state index contributed by atoms with van der Waals surface area (Å²) in [5.74, 6) is 1.09. The maximum atomic E-state index is 13.1. The zero-order chi connectivity index (χ0) is 17.2. The number of amides is 1. The molecular weight excluding hydrogens is 302 g/mol. The highest BCUT2D eigenvalue weighted by Crippen LogP contribution is 2.43. The summed E-state index contributed by atoms with van der Waals surface area (Å²) in [6.07, 6.45) is 8.09. The molecule has 2 saturated heterocycles. The Kier molecular flexibility index (Phi) is 5.25. The van der Waals surface area contributed by atoms with Crippen molar-refractivity contribution in [1.82, 2.24) is 24.7 Å². The van der Waals surface area contributed by atoms with E-state index in [9.17, 15) is 4.79 Å². The summed E-state index contributed by atoms with van der Waals surface area (Å²) in [4.78, 5) is 27.1. The molecule has 1 amide bonds. The zero-order valence-corrected chi connectivity index (χ0v) is 15.3. The van der Waals surface area contributed by atoms with Crippen molar-refractivity contribution in [2.75, 3.05) is 40.3 Å². The van der Waals surface area contributed by atoms with Gasteiger partial charge in [0.15, 0.2) is 0 Å². The highest BCUT2D eigenvalue weighted by Gasteiger charge is 2.47. The molecule has 0 radical (unpaired) electrons. The molecule has 1 aromatic rings. The molecule has 134 valence electrons. The second-order valence-corrected chi connectivity index (χ2v) is 7.72. The van der Waals surface area contributed by atoms with Gasteiger partial charge in [-0.1, -0.05) is 6.92 Å². The molecule has 0 aromatic carbocycles. The Bertz CT molecular complexity index is 536. The van der Waals surface area contributed by atoms with Gasteiger partial charge in [-0.25, -0.2) is 4.98 Å². The Labute approximate surface area is 145 Å². The van der Waals surface area contributed by atoms with Crippen LogP contribution in [0.15, 0.2) is 12.4 Å². The molecule has 3 heterocycles. The van der Waals surface area contributed by atoms with Gasteiger partial charge in [-0.15, -0.1) is 0 Å². The molecule has 6 nitrogen and oxygen atoms in total. The molecule has 6 heteroatoms. The van der Waals surface area contributed by atoms with E-state index in [0.29, 0.717) is 12.0 Å². The summed E-state index contributed by atoms with van der Waals surface area (Å²) < 4.78 is 0. The Morgan fingerprint density at radius 2 is 2.21 bits per heavy atom. The van der Waals surface area contributed by atoms with Crippen LogP contribution in [0.4, 0.5) is 0 Å². The molecule has 0 unspecified atom stereocenters. The van der Waals surface area contributed by atoms with E-state index in [1.54, 1.807) is 12.4 Å². The smallest absolute Gasteiger partial charge is 0.240 e. The van der Waals surface area contributed by atoms with E-state index in [0.717, 1.165) is 44.8 Å². The second-order valence-electron chi connectivity index (χ2n) is 7.72. The number of hydrogen-bond donors (Lipinski definition) is 1. The van der Waals surface area contributed by atoms with Crippen LogP contribution in [-0.4, -0.2) is 76.9 Å². The number of nitrogens with one attached hydrogen (secondary N) is 1. The van der Waals surface area contributed by atoms with E-state index >= 15 is 0 Å². The molecule has 0 saturated carbocycles. The summed E-state index contributed by atoms with van der Waals surface area (Å²) in [5.41, 5.74) is 0.341. The molecule has 24 heavy (non-hydrogen) atoms. The molecule has 0 bridgehead atoms. The van der Waals surface area contributed by atoms with Gasteiger partial charge in [0.2, 0.25) is 5.91 Å². The van der Waals surface area contributed by atoms with E-state index in [2.05, 4.69) is 33.7 Å². The van der Waals surface area contributed by atoms with Gasteiger partial charge in [-0.3, -0.25) is 9.69 Å². The number of imidazole rings is 1. The molecule has 2 fully saturated rings. The third-order valence-electron chi connectivity index (χ3n) is 5.77. The predicted molar refractivity (Wildman–Crippen MR) is 94.5 cm³/mol. The van der Waals surface area contributed by atoms with Crippen LogP contribution < -0.4 is 0 Å². The summed E-state index contributed by atoms with van der Waals surface area (Å²) in [6, 6.07) is 0.0355. The minimum atomic E-state index is 0.0355. The van der Waals surface area contributed by atoms with Gasteiger partial charge in [0.1, 0.15) is 5.82 Å². The number of hydrogen-bond acceptors (Lipinski definition) is 4. The number of carbonyl (C=O) groups is 1. The van der Waals surface area contributed by atoms with Crippen molar-refractivity contribution < 1.29 is 4.79 Å². The molecule has 1 aromatic heterocycles. The van der Waals surface area contributed by atoms with E-state index in [1.165, 1.54) is 12.8 Å². The molecule has 3 rings (SSSR count). The van der Waals surface area contributed by atoms with Gasteiger partial charge in [0.25, 0.3) is 0 Å². The summed E-state index contributed by atoms with van der Waals surface area (Å²) in [5, 5.41) is 0. The molecule has 2 aliphatic heterocycles. The lowest BCUT2D eigenvalue weighted by molar-refractivity contribution is -0.135. The number of aromatic nitrogens is 2. The van der Waals surface area contributed by atoms with Crippen LogP contribution in [0.25, 0.3) is 0 Å². The van der Waals surface area contributed by atoms with Crippen molar-refractivity contribution in [3.63, 3.8) is 0 Å². The van der Waals surface area contributed by atoms with Gasteiger partial charge >= 0.3 is 0 Å². The second kappa shape index (κ2) is 7.23. The largest absolute Gasteiger partial charge is 0.347 e. The molecule has 1 N–H and O–H groups in total. The summed E-state index contributed by atoms with van der Waals surface area (Å²) >= 11 is 0. The fourth-order valence-corrected chi connectivity index (χ4v) is 4.31. The van der Waals surface area contributed by atoms with Crippen LogP contribution in [0, 0.1) is 5.41 Å². The van der Waals surface area contributed by atoms with Crippen LogP contribution in [0.1, 0.15) is 38.4 Å². The molecule has 2 aliphatic rings. The van der Waals surface area contributed by atoms with Gasteiger partial charge in [0.05, 0.1) is 12.6 Å². The van der Waals surface area contributed by atoms with Crippen LogP contribution in [-0.2, 0) is 11.3 Å².